The first-order valence-electron chi connectivity index (χ1n) is 6.40. The van der Waals surface area contributed by atoms with Crippen molar-refractivity contribution in [2.24, 2.45) is 5.73 Å². The van der Waals surface area contributed by atoms with Crippen LogP contribution in [0.5, 0.6) is 5.75 Å². The van der Waals surface area contributed by atoms with Gasteiger partial charge >= 0.3 is 0 Å². The Bertz CT molecular complexity index is 344. The molecule has 4 nitrogen and oxygen atoms in total. The Labute approximate surface area is 110 Å². The summed E-state index contributed by atoms with van der Waals surface area (Å²) in [7, 11) is 0. The Morgan fingerprint density at radius 1 is 1.28 bits per heavy atom. The number of nitrogens with zero attached hydrogens (tertiary/aromatic N) is 1. The van der Waals surface area contributed by atoms with Gasteiger partial charge in [0.25, 0.3) is 0 Å². The van der Waals surface area contributed by atoms with E-state index in [1.165, 1.54) is 0 Å². The van der Waals surface area contributed by atoms with Crippen LogP contribution < -0.4 is 10.5 Å². The monoisotopic (exact) mass is 252 g/mol. The first-order chi connectivity index (χ1) is 8.42. The van der Waals surface area contributed by atoms with Crippen molar-refractivity contribution in [1.29, 1.82) is 0 Å². The van der Waals surface area contributed by atoms with Crippen molar-refractivity contribution < 1.29 is 9.47 Å². The lowest BCUT2D eigenvalue weighted by Crippen LogP contribution is -2.22. The van der Waals surface area contributed by atoms with Crippen molar-refractivity contribution in [3.05, 3.63) is 24.0 Å². The Kier molecular flexibility index (Phi) is 5.56. The van der Waals surface area contributed by atoms with Crippen molar-refractivity contribution in [2.45, 2.75) is 45.8 Å². The molecule has 0 amide bonds. The van der Waals surface area contributed by atoms with Gasteiger partial charge in [-0.25, -0.2) is 0 Å². The topological polar surface area (TPSA) is 57.4 Å². The number of aromatic nitrogens is 1. The van der Waals surface area contributed by atoms with Crippen molar-refractivity contribution >= 4 is 0 Å². The van der Waals surface area contributed by atoms with Crippen molar-refractivity contribution in [3.63, 3.8) is 0 Å². The fourth-order valence-corrected chi connectivity index (χ4v) is 1.41. The third kappa shape index (κ3) is 5.47. The van der Waals surface area contributed by atoms with Crippen LogP contribution in [0.15, 0.2) is 18.3 Å². The molecule has 0 bridgehead atoms. The summed E-state index contributed by atoms with van der Waals surface area (Å²) in [5.41, 5.74) is 6.66. The lowest BCUT2D eigenvalue weighted by molar-refractivity contribution is -0.0163. The minimum atomic E-state index is -0.126. The Morgan fingerprint density at radius 2 is 2.00 bits per heavy atom. The molecule has 1 aromatic heterocycles. The molecule has 0 radical (unpaired) electrons. The zero-order chi connectivity index (χ0) is 13.6. The Balaban J connectivity index is 2.35. The van der Waals surface area contributed by atoms with E-state index in [0.717, 1.165) is 17.9 Å². The highest BCUT2D eigenvalue weighted by molar-refractivity contribution is 5.21. The van der Waals surface area contributed by atoms with Crippen LogP contribution in [0.2, 0.25) is 0 Å². The van der Waals surface area contributed by atoms with Gasteiger partial charge in [-0.3, -0.25) is 4.98 Å². The van der Waals surface area contributed by atoms with E-state index in [-0.39, 0.29) is 11.6 Å². The average Bonchev–Trinajstić information content (AvgIpc) is 2.33. The average molecular weight is 252 g/mol. The number of pyridine rings is 1. The Morgan fingerprint density at radius 3 is 2.50 bits per heavy atom. The third-order valence-electron chi connectivity index (χ3n) is 2.47. The Hall–Kier alpha value is -1.13. The maximum absolute atomic E-state index is 5.89. The van der Waals surface area contributed by atoms with Crippen LogP contribution in [-0.2, 0) is 4.74 Å². The fourth-order valence-electron chi connectivity index (χ4n) is 1.41. The lowest BCUT2D eigenvalue weighted by atomic mass is 10.1. The van der Waals surface area contributed by atoms with E-state index < -0.39 is 0 Å². The van der Waals surface area contributed by atoms with Gasteiger partial charge in [0.05, 0.1) is 24.1 Å². The molecule has 1 heterocycles. The smallest absolute Gasteiger partial charge is 0.137 e. The first kappa shape index (κ1) is 14.9. The molecule has 102 valence electrons. The highest BCUT2D eigenvalue weighted by atomic mass is 16.5. The van der Waals surface area contributed by atoms with Gasteiger partial charge in [-0.2, -0.15) is 0 Å². The van der Waals surface area contributed by atoms with E-state index in [1.807, 2.05) is 39.8 Å². The van der Waals surface area contributed by atoms with Crippen LogP contribution in [0.1, 0.15) is 45.9 Å². The zero-order valence-corrected chi connectivity index (χ0v) is 11.8. The summed E-state index contributed by atoms with van der Waals surface area (Å²) in [6.07, 6.45) is 2.59. The van der Waals surface area contributed by atoms with Crippen molar-refractivity contribution in [2.75, 3.05) is 13.2 Å². The van der Waals surface area contributed by atoms with E-state index >= 15 is 0 Å². The van der Waals surface area contributed by atoms with Crippen molar-refractivity contribution in [3.8, 4) is 5.75 Å². The molecule has 0 aliphatic heterocycles. The van der Waals surface area contributed by atoms with Crippen LogP contribution in [0.4, 0.5) is 0 Å². The van der Waals surface area contributed by atoms with Gasteiger partial charge in [0.15, 0.2) is 0 Å². The van der Waals surface area contributed by atoms with E-state index in [9.17, 15) is 0 Å². The molecule has 0 aliphatic carbocycles. The van der Waals surface area contributed by atoms with Gasteiger partial charge < -0.3 is 15.2 Å². The van der Waals surface area contributed by atoms with Crippen molar-refractivity contribution in [1.82, 2.24) is 4.98 Å². The highest BCUT2D eigenvalue weighted by Gasteiger charge is 2.09. The molecule has 0 aliphatic rings. The lowest BCUT2D eigenvalue weighted by Gasteiger charge is -2.19. The molecule has 18 heavy (non-hydrogen) atoms. The molecule has 1 aromatic rings. The molecule has 2 N–H and O–H groups in total. The van der Waals surface area contributed by atoms with E-state index in [4.69, 9.17) is 15.2 Å². The van der Waals surface area contributed by atoms with Crippen LogP contribution in [0.25, 0.3) is 0 Å². The van der Waals surface area contributed by atoms with E-state index in [1.54, 1.807) is 6.20 Å². The largest absolute Gasteiger partial charge is 0.490 e. The standard InChI is InChI=1S/C14H24N2O2/c1-5-12(15)13-7-6-11(10-16-13)17-8-9-18-14(2,3)4/h6-7,10,12H,5,8-9,15H2,1-4H3. The highest BCUT2D eigenvalue weighted by Crippen LogP contribution is 2.15. The molecule has 0 aromatic carbocycles. The summed E-state index contributed by atoms with van der Waals surface area (Å²) in [5.74, 6) is 0.750. The third-order valence-corrected chi connectivity index (χ3v) is 2.47. The summed E-state index contributed by atoms with van der Waals surface area (Å²) in [6.45, 7) is 9.21. The number of rotatable bonds is 6. The summed E-state index contributed by atoms with van der Waals surface area (Å²) in [5, 5.41) is 0. The molecule has 0 spiro atoms. The minimum Gasteiger partial charge on any atom is -0.490 e. The minimum absolute atomic E-state index is 0.00303. The first-order valence-corrected chi connectivity index (χ1v) is 6.40. The molecular weight excluding hydrogens is 228 g/mol. The molecular formula is C14H24N2O2. The van der Waals surface area contributed by atoms with Crippen LogP contribution in [0, 0.1) is 0 Å². The molecule has 0 fully saturated rings. The summed E-state index contributed by atoms with van der Waals surface area (Å²) >= 11 is 0. The second-order valence-corrected chi connectivity index (χ2v) is 5.24. The number of hydrogen-bond donors (Lipinski definition) is 1. The predicted molar refractivity (Wildman–Crippen MR) is 72.7 cm³/mol. The molecule has 1 atom stereocenters. The van der Waals surface area contributed by atoms with Gasteiger partial charge in [-0.15, -0.1) is 0 Å². The van der Waals surface area contributed by atoms with Gasteiger partial charge in [0.2, 0.25) is 0 Å². The maximum atomic E-state index is 5.89. The summed E-state index contributed by atoms with van der Waals surface area (Å²) < 4.78 is 11.1. The predicted octanol–water partition coefficient (Wildman–Crippen LogP) is 2.69. The van der Waals surface area contributed by atoms with Crippen LogP contribution in [0.3, 0.4) is 0 Å². The number of hydrogen-bond acceptors (Lipinski definition) is 4. The van der Waals surface area contributed by atoms with Gasteiger partial charge in [-0.1, -0.05) is 6.92 Å². The SMILES string of the molecule is CCC(N)c1ccc(OCCOC(C)(C)C)cn1. The van der Waals surface area contributed by atoms with Crippen LogP contribution >= 0.6 is 0 Å². The maximum Gasteiger partial charge on any atom is 0.137 e. The van der Waals surface area contributed by atoms with Gasteiger partial charge in [-0.05, 0) is 39.3 Å². The molecule has 0 saturated carbocycles. The molecule has 1 rings (SSSR count). The van der Waals surface area contributed by atoms with Gasteiger partial charge in [0.1, 0.15) is 12.4 Å². The molecule has 1 unspecified atom stereocenters. The normalized spacial score (nSPS) is 13.4. The van der Waals surface area contributed by atoms with E-state index in [0.29, 0.717) is 13.2 Å². The second-order valence-electron chi connectivity index (χ2n) is 5.24. The van der Waals surface area contributed by atoms with Gasteiger partial charge in [0, 0.05) is 6.04 Å². The van der Waals surface area contributed by atoms with Crippen LogP contribution in [-0.4, -0.2) is 23.8 Å². The quantitative estimate of drug-likeness (QED) is 0.791. The molecule has 0 saturated heterocycles. The van der Waals surface area contributed by atoms with E-state index in [2.05, 4.69) is 4.98 Å². The summed E-state index contributed by atoms with van der Waals surface area (Å²) in [4.78, 5) is 4.29. The zero-order valence-electron chi connectivity index (χ0n) is 11.8. The number of nitrogens with two attached hydrogens (primary N) is 1. The second kappa shape index (κ2) is 6.71. The molecule has 4 heteroatoms. The fraction of sp³-hybridized carbons (Fsp3) is 0.643. The number of ether oxygens (including phenoxy) is 2. The summed E-state index contributed by atoms with van der Waals surface area (Å²) in [6, 6.07) is 3.81.